The summed E-state index contributed by atoms with van der Waals surface area (Å²) >= 11 is 0. The number of ketones is 1. The first kappa shape index (κ1) is 35.1. The number of nitrogens with two attached hydrogens (primary N) is 1. The summed E-state index contributed by atoms with van der Waals surface area (Å²) in [5.74, 6) is -0.113. The number of aliphatic hydroxyl groups is 1. The minimum atomic E-state index is -1.35. The molecule has 5 aliphatic carbocycles. The smallest absolute Gasteiger partial charge is 0.303 e. The molecule has 6 rings (SSSR count). The van der Waals surface area contributed by atoms with Crippen LogP contribution >= 0.6 is 0 Å². The van der Waals surface area contributed by atoms with E-state index in [1.165, 1.54) is 6.92 Å². The standard InChI is InChI=1S/C37H57NO9/c1-21-18-23(29(32(5,6)43)45-22(2)41)46-30-28(42)37(38)25-11-10-24-31(3,4)26(47-27(19-40)44-17-9-16-39)12-13-35(24)20-36(25,35)15-14-33(37,7)34(21,30)8/h16,19,21,23-27,29-30,43H,9-15,17-18,20,38H2,1-8H3. The fraction of sp³-hybridized carbons (Fsp3) is 0.892. The summed E-state index contributed by atoms with van der Waals surface area (Å²) in [6, 6.07) is 0. The highest BCUT2D eigenvalue weighted by Gasteiger charge is 2.87. The van der Waals surface area contributed by atoms with E-state index >= 15 is 0 Å². The number of Topliss-reactive ketones (excluding diaryl/α,β-unsaturated/α-hetero) is 1. The van der Waals surface area contributed by atoms with Crippen LogP contribution in [0.5, 0.6) is 0 Å². The van der Waals surface area contributed by atoms with Crippen LogP contribution in [0, 0.1) is 44.8 Å². The van der Waals surface area contributed by atoms with Crippen LogP contribution in [0.15, 0.2) is 0 Å². The van der Waals surface area contributed by atoms with Crippen LogP contribution in [-0.4, -0.2) is 77.9 Å². The molecular formula is C37H57NO9. The Bertz CT molecular complexity index is 1310. The Morgan fingerprint density at radius 2 is 1.74 bits per heavy atom. The predicted molar refractivity (Wildman–Crippen MR) is 172 cm³/mol. The number of carbonyl (C=O) groups is 4. The van der Waals surface area contributed by atoms with Gasteiger partial charge in [-0.05, 0) is 99.2 Å². The lowest BCUT2D eigenvalue weighted by Gasteiger charge is -2.64. The molecule has 0 aromatic rings. The van der Waals surface area contributed by atoms with Crippen LogP contribution in [0.2, 0.25) is 0 Å². The van der Waals surface area contributed by atoms with Gasteiger partial charge >= 0.3 is 5.97 Å². The SMILES string of the molecule is CC(=O)OC(C1CC(C)C2(C)C(O1)C(=O)C1(N)C3CCC4C(C)(C)C(OC(C=O)OCCC=O)CCC45CC35CCC12C)C(C)(C)O. The maximum Gasteiger partial charge on any atom is 0.303 e. The van der Waals surface area contributed by atoms with Crippen molar-refractivity contribution in [2.24, 2.45) is 50.6 Å². The average Bonchev–Trinajstić information content (AvgIpc) is 3.63. The minimum Gasteiger partial charge on any atom is -0.457 e. The van der Waals surface area contributed by atoms with Gasteiger partial charge in [0.2, 0.25) is 6.29 Å². The second-order valence-corrected chi connectivity index (χ2v) is 17.7. The van der Waals surface area contributed by atoms with E-state index in [0.717, 1.165) is 51.2 Å². The number of esters is 1. The van der Waals surface area contributed by atoms with Crippen molar-refractivity contribution in [3.63, 3.8) is 0 Å². The highest BCUT2D eigenvalue weighted by molar-refractivity contribution is 5.98. The van der Waals surface area contributed by atoms with Crippen molar-refractivity contribution in [1.82, 2.24) is 0 Å². The molecule has 0 aromatic heterocycles. The van der Waals surface area contributed by atoms with Gasteiger partial charge in [0.05, 0.1) is 30.0 Å². The van der Waals surface area contributed by atoms with Crippen LogP contribution < -0.4 is 5.73 Å². The third-order valence-electron chi connectivity index (χ3n) is 15.2. The van der Waals surface area contributed by atoms with Crippen LogP contribution in [0.4, 0.5) is 0 Å². The maximum atomic E-state index is 15.0. The first-order valence-electron chi connectivity index (χ1n) is 17.9. The summed E-state index contributed by atoms with van der Waals surface area (Å²) in [7, 11) is 0. The van der Waals surface area contributed by atoms with E-state index in [9.17, 15) is 24.3 Å². The third-order valence-corrected chi connectivity index (χ3v) is 15.2. The zero-order chi connectivity index (χ0) is 34.6. The van der Waals surface area contributed by atoms with Crippen molar-refractivity contribution in [3.8, 4) is 0 Å². The van der Waals surface area contributed by atoms with Crippen molar-refractivity contribution in [1.29, 1.82) is 0 Å². The van der Waals surface area contributed by atoms with Crippen molar-refractivity contribution in [2.45, 2.75) is 155 Å². The number of ether oxygens (including phenoxy) is 4. The number of aldehydes is 2. The van der Waals surface area contributed by atoms with E-state index in [1.54, 1.807) is 13.8 Å². The molecule has 1 aliphatic heterocycles. The van der Waals surface area contributed by atoms with Gasteiger partial charge in [-0.25, -0.2) is 0 Å². The Hall–Kier alpha value is -1.72. The van der Waals surface area contributed by atoms with Crippen LogP contribution in [0.3, 0.4) is 0 Å². The molecule has 0 aromatic carbocycles. The Morgan fingerprint density at radius 1 is 1.09 bits per heavy atom. The zero-order valence-corrected chi connectivity index (χ0v) is 29.6. The quantitative estimate of drug-likeness (QED) is 0.150. The molecule has 47 heavy (non-hydrogen) atoms. The molecule has 13 unspecified atom stereocenters. The zero-order valence-electron chi connectivity index (χ0n) is 29.6. The van der Waals surface area contributed by atoms with Gasteiger partial charge in [0.1, 0.15) is 12.4 Å². The summed E-state index contributed by atoms with van der Waals surface area (Å²) in [5.41, 5.74) is 4.06. The molecule has 0 amide bonds. The molecule has 13 atom stereocenters. The van der Waals surface area contributed by atoms with Crippen molar-refractivity contribution in [2.75, 3.05) is 6.61 Å². The second kappa shape index (κ2) is 11.1. The van der Waals surface area contributed by atoms with Crippen molar-refractivity contribution in [3.05, 3.63) is 0 Å². The summed E-state index contributed by atoms with van der Waals surface area (Å²) in [4.78, 5) is 49.6. The van der Waals surface area contributed by atoms with Gasteiger partial charge in [0, 0.05) is 24.2 Å². The summed E-state index contributed by atoms with van der Waals surface area (Å²) in [5, 5.41) is 11.0. The Morgan fingerprint density at radius 3 is 2.36 bits per heavy atom. The van der Waals surface area contributed by atoms with Gasteiger partial charge < -0.3 is 34.6 Å². The topological polar surface area (TPSA) is 151 Å². The fourth-order valence-electron chi connectivity index (χ4n) is 12.7. The molecule has 10 heteroatoms. The molecule has 264 valence electrons. The lowest BCUT2D eigenvalue weighted by molar-refractivity contribution is -0.232. The van der Waals surface area contributed by atoms with Gasteiger partial charge in [0.25, 0.3) is 0 Å². The van der Waals surface area contributed by atoms with E-state index in [0.29, 0.717) is 18.6 Å². The predicted octanol–water partition coefficient (Wildman–Crippen LogP) is 4.31. The van der Waals surface area contributed by atoms with Gasteiger partial charge in [-0.3, -0.25) is 14.4 Å². The Kier molecular flexibility index (Phi) is 8.33. The van der Waals surface area contributed by atoms with Gasteiger partial charge in [0.15, 0.2) is 18.2 Å². The molecule has 0 radical (unpaired) electrons. The molecule has 3 N–H and O–H groups in total. The van der Waals surface area contributed by atoms with Gasteiger partial charge in [-0.15, -0.1) is 0 Å². The highest BCUT2D eigenvalue weighted by Crippen LogP contribution is 2.88. The van der Waals surface area contributed by atoms with Crippen LogP contribution in [-0.2, 0) is 38.1 Å². The van der Waals surface area contributed by atoms with E-state index in [4.69, 9.17) is 24.7 Å². The average molecular weight is 660 g/mol. The molecular weight excluding hydrogens is 602 g/mol. The lowest BCUT2D eigenvalue weighted by Crippen LogP contribution is -2.70. The molecule has 1 saturated heterocycles. The molecule has 6 fully saturated rings. The lowest BCUT2D eigenvalue weighted by atomic mass is 9.41. The summed E-state index contributed by atoms with van der Waals surface area (Å²) in [6.45, 7) is 15.8. The normalized spacial score (nSPS) is 47.7. The largest absolute Gasteiger partial charge is 0.457 e. The number of hydrogen-bond acceptors (Lipinski definition) is 10. The fourth-order valence-corrected chi connectivity index (χ4v) is 12.7. The Labute approximate surface area is 279 Å². The van der Waals surface area contributed by atoms with Gasteiger partial charge in [-0.1, -0.05) is 34.6 Å². The monoisotopic (exact) mass is 659 g/mol. The van der Waals surface area contributed by atoms with Crippen molar-refractivity contribution >= 4 is 24.3 Å². The first-order valence-corrected chi connectivity index (χ1v) is 17.9. The van der Waals surface area contributed by atoms with Crippen LogP contribution in [0.25, 0.3) is 0 Å². The summed E-state index contributed by atoms with van der Waals surface area (Å²) < 4.78 is 24.2. The maximum absolute atomic E-state index is 15.0. The number of rotatable bonds is 10. The van der Waals surface area contributed by atoms with E-state index in [-0.39, 0.29) is 53.0 Å². The molecule has 10 nitrogen and oxygen atoms in total. The highest BCUT2D eigenvalue weighted by atomic mass is 16.7. The summed E-state index contributed by atoms with van der Waals surface area (Å²) in [6.07, 6.45) is 5.16. The number of carbonyl (C=O) groups excluding carboxylic acids is 4. The molecule has 6 aliphatic rings. The molecule has 2 spiro atoms. The third kappa shape index (κ3) is 4.52. The molecule has 5 saturated carbocycles. The molecule has 0 bridgehead atoms. The number of hydrogen-bond donors (Lipinski definition) is 2. The second-order valence-electron chi connectivity index (χ2n) is 17.7. The van der Waals surface area contributed by atoms with Gasteiger partial charge in [-0.2, -0.15) is 0 Å². The van der Waals surface area contributed by atoms with E-state index in [2.05, 4.69) is 34.6 Å². The van der Waals surface area contributed by atoms with E-state index in [1.807, 2.05) is 0 Å². The number of fused-ring (bicyclic) bond motifs is 4. The molecule has 1 heterocycles. The Balaban J connectivity index is 1.29. The van der Waals surface area contributed by atoms with E-state index < -0.39 is 52.5 Å². The first-order chi connectivity index (χ1) is 21.8. The van der Waals surface area contributed by atoms with Crippen molar-refractivity contribution < 1.29 is 43.2 Å². The van der Waals surface area contributed by atoms with Crippen LogP contribution in [0.1, 0.15) is 113 Å². The minimum absolute atomic E-state index is 0.0235.